The summed E-state index contributed by atoms with van der Waals surface area (Å²) < 4.78 is 0. The van der Waals surface area contributed by atoms with E-state index in [-0.39, 0.29) is 0 Å². The van der Waals surface area contributed by atoms with Crippen molar-refractivity contribution in [2.75, 3.05) is 5.32 Å². The van der Waals surface area contributed by atoms with Crippen LogP contribution in [0, 0.1) is 0 Å². The monoisotopic (exact) mass is 261 g/mol. The number of aryl methyl sites for hydroxylation is 1. The van der Waals surface area contributed by atoms with Crippen molar-refractivity contribution in [1.29, 1.82) is 0 Å². The Morgan fingerprint density at radius 3 is 2.61 bits per heavy atom. The van der Waals surface area contributed by atoms with E-state index in [1.807, 2.05) is 30.3 Å². The summed E-state index contributed by atoms with van der Waals surface area (Å²) in [6.07, 6.45) is 3.66. The molecule has 1 aromatic heterocycles. The summed E-state index contributed by atoms with van der Waals surface area (Å²) in [5, 5.41) is 3.26. The Morgan fingerprint density at radius 2 is 1.94 bits per heavy atom. The van der Waals surface area contributed by atoms with Gasteiger partial charge in [-0.2, -0.15) is 0 Å². The van der Waals surface area contributed by atoms with Gasteiger partial charge in [-0.25, -0.2) is 9.97 Å². The van der Waals surface area contributed by atoms with Crippen LogP contribution < -0.4 is 5.32 Å². The number of nitrogens with one attached hydrogen (secondary N) is 1. The molecule has 0 amide bonds. The van der Waals surface area contributed by atoms with Crippen LogP contribution in [-0.4, -0.2) is 9.97 Å². The lowest BCUT2D eigenvalue weighted by molar-refractivity contribution is 0.873. The average Bonchev–Trinajstić information content (AvgIpc) is 2.40. The number of benzene rings is 1. The third-order valence-electron chi connectivity index (χ3n) is 2.61. The summed E-state index contributed by atoms with van der Waals surface area (Å²) >= 11 is 5.75. The first-order valence-corrected chi connectivity index (χ1v) is 6.58. The zero-order chi connectivity index (χ0) is 12.8. The van der Waals surface area contributed by atoms with Gasteiger partial charge in [0.1, 0.15) is 12.1 Å². The molecule has 0 radical (unpaired) electrons. The van der Waals surface area contributed by atoms with E-state index in [1.165, 1.54) is 0 Å². The first kappa shape index (κ1) is 12.8. The highest BCUT2D eigenvalue weighted by atomic mass is 35.5. The van der Waals surface area contributed by atoms with Crippen molar-refractivity contribution < 1.29 is 0 Å². The Hall–Kier alpha value is -1.61. The molecule has 2 rings (SSSR count). The maximum atomic E-state index is 5.75. The van der Waals surface area contributed by atoms with E-state index in [2.05, 4.69) is 22.2 Å². The molecule has 94 valence electrons. The minimum absolute atomic E-state index is 0.536. The molecular weight excluding hydrogens is 246 g/mol. The number of hydrogen-bond acceptors (Lipinski definition) is 3. The molecule has 1 aromatic carbocycles. The minimum atomic E-state index is 0.536. The molecule has 0 aliphatic rings. The van der Waals surface area contributed by atoms with Crippen molar-refractivity contribution in [1.82, 2.24) is 9.97 Å². The van der Waals surface area contributed by atoms with Crippen molar-refractivity contribution in [3.8, 4) is 0 Å². The Labute approximate surface area is 112 Å². The van der Waals surface area contributed by atoms with Gasteiger partial charge in [0.15, 0.2) is 0 Å². The van der Waals surface area contributed by atoms with E-state index in [0.717, 1.165) is 35.6 Å². The third kappa shape index (κ3) is 3.44. The van der Waals surface area contributed by atoms with E-state index >= 15 is 0 Å². The summed E-state index contributed by atoms with van der Waals surface area (Å²) in [5.74, 6) is 1.36. The molecule has 0 unspecified atom stereocenters. The van der Waals surface area contributed by atoms with Gasteiger partial charge in [-0.05, 0) is 24.1 Å². The second-order valence-corrected chi connectivity index (χ2v) is 4.37. The van der Waals surface area contributed by atoms with Gasteiger partial charge in [0.2, 0.25) is 0 Å². The lowest BCUT2D eigenvalue weighted by atomic mass is 10.2. The fraction of sp³-hybridized carbons (Fsp3) is 0.286. The smallest absolute Gasteiger partial charge is 0.133 e. The Morgan fingerprint density at radius 1 is 1.17 bits per heavy atom. The van der Waals surface area contributed by atoms with Gasteiger partial charge < -0.3 is 5.32 Å². The minimum Gasteiger partial charge on any atom is -0.340 e. The molecule has 0 aliphatic heterocycles. The molecule has 1 heterocycles. The van der Waals surface area contributed by atoms with E-state index in [0.29, 0.717) is 5.88 Å². The van der Waals surface area contributed by atoms with Gasteiger partial charge in [-0.3, -0.25) is 0 Å². The molecular formula is C14H16ClN3. The Balaban J connectivity index is 2.09. The zero-order valence-electron chi connectivity index (χ0n) is 10.4. The number of alkyl halides is 1. The summed E-state index contributed by atoms with van der Waals surface area (Å²) in [6, 6.07) is 9.99. The number of anilines is 2. The Kier molecular flexibility index (Phi) is 4.53. The topological polar surface area (TPSA) is 37.8 Å². The highest BCUT2D eigenvalue weighted by Crippen LogP contribution is 2.16. The second kappa shape index (κ2) is 6.36. The molecule has 0 fully saturated rings. The number of aromatic nitrogens is 2. The van der Waals surface area contributed by atoms with E-state index < -0.39 is 0 Å². The van der Waals surface area contributed by atoms with Gasteiger partial charge in [0.25, 0.3) is 0 Å². The first-order valence-electron chi connectivity index (χ1n) is 6.04. The molecule has 4 heteroatoms. The summed E-state index contributed by atoms with van der Waals surface area (Å²) in [7, 11) is 0. The van der Waals surface area contributed by atoms with E-state index in [4.69, 9.17) is 11.6 Å². The molecule has 0 atom stereocenters. The summed E-state index contributed by atoms with van der Waals surface area (Å²) in [6.45, 7) is 2.14. The van der Waals surface area contributed by atoms with Crippen LogP contribution >= 0.6 is 11.6 Å². The third-order valence-corrected chi connectivity index (χ3v) is 2.92. The lowest BCUT2D eigenvalue weighted by Gasteiger charge is -2.07. The molecule has 0 bridgehead atoms. The number of halogens is 1. The van der Waals surface area contributed by atoms with Crippen LogP contribution in [0.5, 0.6) is 0 Å². The fourth-order valence-electron chi connectivity index (χ4n) is 1.68. The molecule has 0 saturated carbocycles. The second-order valence-electron chi connectivity index (χ2n) is 4.10. The molecule has 0 saturated heterocycles. The highest BCUT2D eigenvalue weighted by molar-refractivity contribution is 6.17. The van der Waals surface area contributed by atoms with Gasteiger partial charge in [-0.1, -0.05) is 25.5 Å². The van der Waals surface area contributed by atoms with Crippen molar-refractivity contribution in [2.45, 2.75) is 25.6 Å². The average molecular weight is 262 g/mol. The van der Waals surface area contributed by atoms with Crippen LogP contribution in [0.25, 0.3) is 0 Å². The predicted molar refractivity (Wildman–Crippen MR) is 75.3 cm³/mol. The zero-order valence-corrected chi connectivity index (χ0v) is 11.1. The maximum Gasteiger partial charge on any atom is 0.133 e. The van der Waals surface area contributed by atoms with Crippen molar-refractivity contribution in [3.63, 3.8) is 0 Å². The molecule has 18 heavy (non-hydrogen) atoms. The predicted octanol–water partition coefficient (Wildman–Crippen LogP) is 3.91. The van der Waals surface area contributed by atoms with Crippen molar-refractivity contribution in [3.05, 3.63) is 47.9 Å². The summed E-state index contributed by atoms with van der Waals surface area (Å²) in [5.41, 5.74) is 3.17. The summed E-state index contributed by atoms with van der Waals surface area (Å²) in [4.78, 5) is 8.44. The highest BCUT2D eigenvalue weighted by Gasteiger charge is 1.99. The molecule has 1 N–H and O–H groups in total. The van der Waals surface area contributed by atoms with Gasteiger partial charge >= 0.3 is 0 Å². The maximum absolute atomic E-state index is 5.75. The molecule has 0 aliphatic carbocycles. The number of rotatable bonds is 5. The molecule has 0 spiro atoms. The van der Waals surface area contributed by atoms with Crippen LogP contribution in [0.2, 0.25) is 0 Å². The van der Waals surface area contributed by atoms with Gasteiger partial charge in [0.05, 0.1) is 0 Å². The Bertz CT molecular complexity index is 497. The molecule has 2 aromatic rings. The van der Waals surface area contributed by atoms with Gasteiger partial charge in [-0.15, -0.1) is 11.6 Å². The van der Waals surface area contributed by atoms with Crippen molar-refractivity contribution in [2.24, 2.45) is 0 Å². The van der Waals surface area contributed by atoms with Crippen LogP contribution in [0.1, 0.15) is 24.6 Å². The largest absolute Gasteiger partial charge is 0.340 e. The quantitative estimate of drug-likeness (QED) is 0.829. The van der Waals surface area contributed by atoms with E-state index in [1.54, 1.807) is 6.33 Å². The number of hydrogen-bond donors (Lipinski definition) is 1. The van der Waals surface area contributed by atoms with Crippen LogP contribution in [0.3, 0.4) is 0 Å². The fourth-order valence-corrected chi connectivity index (χ4v) is 1.86. The van der Waals surface area contributed by atoms with Crippen LogP contribution in [0.4, 0.5) is 11.5 Å². The van der Waals surface area contributed by atoms with Crippen molar-refractivity contribution >= 4 is 23.1 Å². The van der Waals surface area contributed by atoms with Gasteiger partial charge in [0, 0.05) is 23.3 Å². The SMILES string of the molecule is CCCc1cc(Nc2ccc(CCl)cc2)ncn1. The standard InChI is InChI=1S/C14H16ClN3/c1-2-3-13-8-14(17-10-16-13)18-12-6-4-11(9-15)5-7-12/h4-8,10H,2-3,9H2,1H3,(H,16,17,18). The number of nitrogens with zero attached hydrogens (tertiary/aromatic N) is 2. The first-order chi connectivity index (χ1) is 8.81. The van der Waals surface area contributed by atoms with Crippen LogP contribution in [-0.2, 0) is 12.3 Å². The molecule has 3 nitrogen and oxygen atoms in total. The normalized spacial score (nSPS) is 10.3. The van der Waals surface area contributed by atoms with E-state index in [9.17, 15) is 0 Å². The lowest BCUT2D eigenvalue weighted by Crippen LogP contribution is -1.97. The van der Waals surface area contributed by atoms with Crippen LogP contribution in [0.15, 0.2) is 36.7 Å².